The van der Waals surface area contributed by atoms with Crippen molar-refractivity contribution in [2.24, 2.45) is 9.98 Å². The van der Waals surface area contributed by atoms with Gasteiger partial charge in [0.1, 0.15) is 0 Å². The summed E-state index contributed by atoms with van der Waals surface area (Å²) in [7, 11) is 0. The van der Waals surface area contributed by atoms with Crippen molar-refractivity contribution in [3.05, 3.63) is 181 Å². The summed E-state index contributed by atoms with van der Waals surface area (Å²) >= 11 is 0. The molecule has 1 N–H and O–H groups in total. The summed E-state index contributed by atoms with van der Waals surface area (Å²) < 4.78 is 2.09. The van der Waals surface area contributed by atoms with E-state index in [9.17, 15) is 0 Å². The zero-order valence-corrected chi connectivity index (χ0v) is 26.6. The largest absolute Gasteiger partial charge is 0.282 e. The average Bonchev–Trinajstić information content (AvgIpc) is 3.50. The lowest BCUT2D eigenvalue weighted by atomic mass is 9.92. The van der Waals surface area contributed by atoms with Gasteiger partial charge in [0.2, 0.25) is 5.96 Å². The third kappa shape index (κ3) is 4.98. The number of aromatic nitrogens is 1. The number of rotatable bonds is 3. The van der Waals surface area contributed by atoms with E-state index in [-0.39, 0.29) is 5.84 Å². The van der Waals surface area contributed by atoms with Gasteiger partial charge in [0.15, 0.2) is 5.84 Å². The molecular formula is C45H30N4. The summed E-state index contributed by atoms with van der Waals surface area (Å²) in [4.78, 5) is 9.83. The topological polar surface area (TPSA) is 53.5 Å². The number of aliphatic imine (C=N–C) groups is 2. The summed E-state index contributed by atoms with van der Waals surface area (Å²) in [5.41, 5.74) is 5.88. The highest BCUT2D eigenvalue weighted by molar-refractivity contribution is 6.26. The van der Waals surface area contributed by atoms with Crippen LogP contribution in [0.5, 0.6) is 0 Å². The fraction of sp³-hybridized carbons (Fsp3) is 0. The molecule has 0 saturated carbocycles. The average molecular weight is 627 g/mol. The molecule has 49 heavy (non-hydrogen) atoms. The van der Waals surface area contributed by atoms with Crippen molar-refractivity contribution in [2.75, 3.05) is 0 Å². The lowest BCUT2D eigenvalue weighted by Crippen LogP contribution is -2.13. The van der Waals surface area contributed by atoms with Crippen LogP contribution in [0.15, 0.2) is 180 Å². The number of amidine groups is 1. The standard InChI is InChI=1S/C45H30N4/c46-44(31-15-5-2-6-16-31)48-45(47-29-30-13-3-1-4-14-30)49-42-22-12-11-21-39(42)40-26-24-33(28-43(40)49)32-23-25-38-36-19-8-7-17-34(36)35-18-9-10-20-37(35)41(38)27-32/h1-29,46H. The highest BCUT2D eigenvalue weighted by Crippen LogP contribution is 2.38. The molecule has 230 valence electrons. The van der Waals surface area contributed by atoms with E-state index in [4.69, 9.17) is 15.4 Å². The molecule has 4 nitrogen and oxygen atoms in total. The quantitative estimate of drug-likeness (QED) is 0.115. The molecule has 1 aromatic heterocycles. The zero-order chi connectivity index (χ0) is 32.7. The summed E-state index contributed by atoms with van der Waals surface area (Å²) in [6, 6.07) is 58.8. The Hall–Kier alpha value is -6.65. The number of hydrogen-bond donors (Lipinski definition) is 1. The predicted octanol–water partition coefficient (Wildman–Crippen LogP) is 11.3. The van der Waals surface area contributed by atoms with E-state index in [1.54, 1.807) is 0 Å². The van der Waals surface area contributed by atoms with E-state index in [1.807, 2.05) is 72.9 Å². The molecule has 9 aromatic rings. The Labute approximate surface area is 283 Å². The second kappa shape index (κ2) is 11.9. The zero-order valence-electron chi connectivity index (χ0n) is 26.6. The SMILES string of the molecule is N=C(N=C(N=Cc1ccccc1)n1c2ccccc2c2ccc(-c3ccc4c5ccccc5c5ccccc5c4c3)cc21)c1ccccc1. The first-order valence-electron chi connectivity index (χ1n) is 16.4. The fourth-order valence-corrected chi connectivity index (χ4v) is 7.02. The molecule has 0 unspecified atom stereocenters. The van der Waals surface area contributed by atoms with Gasteiger partial charge in [0.05, 0.1) is 11.0 Å². The van der Waals surface area contributed by atoms with Crippen molar-refractivity contribution in [1.82, 2.24) is 4.57 Å². The minimum absolute atomic E-state index is 0.150. The summed E-state index contributed by atoms with van der Waals surface area (Å²) in [5.74, 6) is 0.577. The Morgan fingerprint density at radius 3 is 1.61 bits per heavy atom. The van der Waals surface area contributed by atoms with E-state index in [2.05, 4.69) is 108 Å². The van der Waals surface area contributed by atoms with Gasteiger partial charge < -0.3 is 0 Å². The van der Waals surface area contributed by atoms with Gasteiger partial charge in [0.25, 0.3) is 0 Å². The maximum atomic E-state index is 8.96. The first-order chi connectivity index (χ1) is 24.2. The summed E-state index contributed by atoms with van der Waals surface area (Å²) in [5, 5.41) is 18.7. The van der Waals surface area contributed by atoms with Crippen molar-refractivity contribution in [2.45, 2.75) is 0 Å². The smallest absolute Gasteiger partial charge is 0.236 e. The van der Waals surface area contributed by atoms with E-state index >= 15 is 0 Å². The van der Waals surface area contributed by atoms with Crippen LogP contribution in [0.25, 0.3) is 65.3 Å². The minimum atomic E-state index is 0.150. The first kappa shape index (κ1) is 28.6. The van der Waals surface area contributed by atoms with Crippen molar-refractivity contribution in [3.8, 4) is 11.1 Å². The number of fused-ring (bicyclic) bond motifs is 9. The maximum absolute atomic E-state index is 8.96. The van der Waals surface area contributed by atoms with Gasteiger partial charge in [0, 0.05) is 22.6 Å². The van der Waals surface area contributed by atoms with Gasteiger partial charge in [-0.1, -0.05) is 152 Å². The van der Waals surface area contributed by atoms with Crippen LogP contribution in [-0.2, 0) is 0 Å². The number of nitrogens with zero attached hydrogens (tertiary/aromatic N) is 3. The third-order valence-electron chi connectivity index (χ3n) is 9.34. The number of hydrogen-bond acceptors (Lipinski definition) is 1. The summed E-state index contributed by atoms with van der Waals surface area (Å²) in [6.45, 7) is 0. The molecule has 0 spiro atoms. The molecule has 0 atom stereocenters. The van der Waals surface area contributed by atoms with Crippen molar-refractivity contribution in [1.29, 1.82) is 5.41 Å². The Bertz CT molecular complexity index is 2740. The molecule has 0 aliphatic carbocycles. The van der Waals surface area contributed by atoms with E-state index in [1.165, 1.54) is 32.3 Å². The van der Waals surface area contributed by atoms with Crippen molar-refractivity contribution >= 4 is 72.1 Å². The molecule has 0 fully saturated rings. The lowest BCUT2D eigenvalue weighted by Gasteiger charge is -2.12. The monoisotopic (exact) mass is 626 g/mol. The lowest BCUT2D eigenvalue weighted by molar-refractivity contribution is 1.22. The fourth-order valence-electron chi connectivity index (χ4n) is 7.02. The van der Waals surface area contributed by atoms with Crippen molar-refractivity contribution < 1.29 is 0 Å². The van der Waals surface area contributed by atoms with Crippen LogP contribution in [-0.4, -0.2) is 22.6 Å². The van der Waals surface area contributed by atoms with Gasteiger partial charge in [-0.2, -0.15) is 4.99 Å². The molecule has 0 aliphatic rings. The van der Waals surface area contributed by atoms with Crippen LogP contribution in [0, 0.1) is 5.41 Å². The molecule has 0 aliphatic heterocycles. The molecule has 0 bridgehead atoms. The number of nitrogens with one attached hydrogen (secondary N) is 1. The number of benzene rings is 8. The van der Waals surface area contributed by atoms with Gasteiger partial charge in [-0.25, -0.2) is 4.99 Å². The Morgan fingerprint density at radius 2 is 0.939 bits per heavy atom. The van der Waals surface area contributed by atoms with Crippen LogP contribution in [0.2, 0.25) is 0 Å². The molecule has 4 heteroatoms. The van der Waals surface area contributed by atoms with E-state index in [0.29, 0.717) is 5.96 Å². The predicted molar refractivity (Wildman–Crippen MR) is 208 cm³/mol. The van der Waals surface area contributed by atoms with Gasteiger partial charge in [-0.3, -0.25) is 9.98 Å². The van der Waals surface area contributed by atoms with E-state index < -0.39 is 0 Å². The molecule has 8 aromatic carbocycles. The Morgan fingerprint density at radius 1 is 0.449 bits per heavy atom. The van der Waals surface area contributed by atoms with Gasteiger partial charge in [-0.15, -0.1) is 0 Å². The molecule has 0 saturated heterocycles. The van der Waals surface area contributed by atoms with Gasteiger partial charge >= 0.3 is 0 Å². The third-order valence-corrected chi connectivity index (χ3v) is 9.34. The minimum Gasteiger partial charge on any atom is -0.282 e. The Balaban J connectivity index is 1.27. The number of para-hydroxylation sites is 1. The molecular weight excluding hydrogens is 597 g/mol. The molecule has 0 radical (unpaired) electrons. The summed E-state index contributed by atoms with van der Waals surface area (Å²) in [6.07, 6.45) is 1.82. The van der Waals surface area contributed by atoms with Crippen molar-refractivity contribution in [3.63, 3.8) is 0 Å². The molecule has 1 heterocycles. The second-order valence-electron chi connectivity index (χ2n) is 12.2. The highest BCUT2D eigenvalue weighted by atomic mass is 15.2. The maximum Gasteiger partial charge on any atom is 0.236 e. The molecule has 0 amide bonds. The Kier molecular flexibility index (Phi) is 6.91. The van der Waals surface area contributed by atoms with Crippen LogP contribution in [0.1, 0.15) is 11.1 Å². The van der Waals surface area contributed by atoms with Crippen LogP contribution in [0.3, 0.4) is 0 Å². The normalized spacial score (nSPS) is 12.2. The van der Waals surface area contributed by atoms with E-state index in [0.717, 1.165) is 44.1 Å². The van der Waals surface area contributed by atoms with Crippen LogP contribution >= 0.6 is 0 Å². The molecule has 9 rings (SSSR count). The second-order valence-corrected chi connectivity index (χ2v) is 12.2. The first-order valence-corrected chi connectivity index (χ1v) is 16.4. The van der Waals surface area contributed by atoms with Gasteiger partial charge in [-0.05, 0) is 67.2 Å². The van der Waals surface area contributed by atoms with Crippen LogP contribution in [0.4, 0.5) is 0 Å². The highest BCUT2D eigenvalue weighted by Gasteiger charge is 2.17. The van der Waals surface area contributed by atoms with Crippen LogP contribution < -0.4 is 0 Å².